The number of rotatable bonds is 2. The molecule has 0 atom stereocenters. The van der Waals surface area contributed by atoms with E-state index in [9.17, 15) is 0 Å². The van der Waals surface area contributed by atoms with Crippen molar-refractivity contribution in [3.8, 4) is 27.4 Å². The Morgan fingerprint density at radius 2 is 1.28 bits per heavy atom. The van der Waals surface area contributed by atoms with Gasteiger partial charge in [0.25, 0.3) is 0 Å². The van der Waals surface area contributed by atoms with Crippen LogP contribution in [0.15, 0.2) is 150 Å². The van der Waals surface area contributed by atoms with Crippen LogP contribution in [0.5, 0.6) is 0 Å². The number of benzene rings is 8. The average molecular weight is 860 g/mol. The third kappa shape index (κ3) is 5.02. The molecular formula is C57H42BN3OS2. The van der Waals surface area contributed by atoms with Gasteiger partial charge in [0.05, 0.1) is 21.3 Å². The third-order valence-electron chi connectivity index (χ3n) is 14.1. The minimum absolute atomic E-state index is 0.0281. The van der Waals surface area contributed by atoms with Crippen LogP contribution >= 0.6 is 22.7 Å². The summed E-state index contributed by atoms with van der Waals surface area (Å²) < 4.78 is 13.0. The average Bonchev–Trinajstić information content (AvgIpc) is 4.06. The number of fused-ring (bicyclic) bond motifs is 15. The van der Waals surface area contributed by atoms with E-state index in [1.807, 2.05) is 11.3 Å². The molecule has 306 valence electrons. The second-order valence-electron chi connectivity index (χ2n) is 20.0. The largest absolute Gasteiger partial charge is 0.456 e. The Labute approximate surface area is 379 Å². The van der Waals surface area contributed by atoms with Crippen molar-refractivity contribution in [3.05, 3.63) is 157 Å². The van der Waals surface area contributed by atoms with E-state index < -0.39 is 0 Å². The van der Waals surface area contributed by atoms with Crippen molar-refractivity contribution in [1.82, 2.24) is 9.55 Å². The summed E-state index contributed by atoms with van der Waals surface area (Å²) in [5.41, 5.74) is 17.9. The minimum atomic E-state index is -0.122. The number of thiazole rings is 1. The topological polar surface area (TPSA) is 34.2 Å². The van der Waals surface area contributed by atoms with Gasteiger partial charge in [-0.2, -0.15) is 0 Å². The number of furan rings is 1. The first-order valence-corrected chi connectivity index (χ1v) is 23.9. The normalized spacial score (nSPS) is 13.7. The van der Waals surface area contributed by atoms with Gasteiger partial charge in [0.1, 0.15) is 16.2 Å². The van der Waals surface area contributed by atoms with Crippen LogP contribution in [-0.2, 0) is 10.8 Å². The molecule has 64 heavy (non-hydrogen) atoms. The summed E-state index contributed by atoms with van der Waals surface area (Å²) >= 11 is 3.69. The second-order valence-corrected chi connectivity index (χ2v) is 22.1. The molecule has 0 bridgehead atoms. The van der Waals surface area contributed by atoms with E-state index in [-0.39, 0.29) is 17.7 Å². The Kier molecular flexibility index (Phi) is 7.20. The van der Waals surface area contributed by atoms with Crippen molar-refractivity contribution in [2.24, 2.45) is 0 Å². The van der Waals surface area contributed by atoms with E-state index in [0.29, 0.717) is 0 Å². The Morgan fingerprint density at radius 1 is 0.531 bits per heavy atom. The van der Waals surface area contributed by atoms with Gasteiger partial charge in [-0.1, -0.05) is 126 Å². The summed E-state index contributed by atoms with van der Waals surface area (Å²) in [4.78, 5) is 8.03. The highest BCUT2D eigenvalue weighted by Crippen LogP contribution is 2.50. The first-order chi connectivity index (χ1) is 31.0. The molecule has 7 heteroatoms. The first kappa shape index (κ1) is 36.8. The van der Waals surface area contributed by atoms with Crippen molar-refractivity contribution >= 4 is 126 Å². The Balaban J connectivity index is 1.12. The maximum absolute atomic E-state index is 6.61. The number of thiophene rings is 1. The predicted molar refractivity (Wildman–Crippen MR) is 276 cm³/mol. The van der Waals surface area contributed by atoms with Gasteiger partial charge in [-0.25, -0.2) is 4.98 Å². The highest BCUT2D eigenvalue weighted by molar-refractivity contribution is 7.26. The van der Waals surface area contributed by atoms with Crippen LogP contribution < -0.4 is 15.7 Å². The summed E-state index contributed by atoms with van der Waals surface area (Å²) in [6.07, 6.45) is 0. The summed E-state index contributed by atoms with van der Waals surface area (Å²) in [7, 11) is 0. The number of aromatic nitrogens is 2. The zero-order valence-electron chi connectivity index (χ0n) is 36.5. The molecule has 0 fully saturated rings. The van der Waals surface area contributed by atoms with E-state index in [0.717, 1.165) is 43.5 Å². The number of anilines is 2. The summed E-state index contributed by atoms with van der Waals surface area (Å²) in [5, 5.41) is 8.45. The van der Waals surface area contributed by atoms with E-state index in [1.165, 1.54) is 91.4 Å². The molecular weight excluding hydrogens is 818 g/mol. The van der Waals surface area contributed by atoms with E-state index in [2.05, 4.69) is 197 Å². The van der Waals surface area contributed by atoms with Crippen molar-refractivity contribution in [3.63, 3.8) is 0 Å². The lowest BCUT2D eigenvalue weighted by Gasteiger charge is -2.42. The molecule has 0 saturated heterocycles. The van der Waals surface area contributed by atoms with Crippen LogP contribution in [0.3, 0.4) is 0 Å². The highest BCUT2D eigenvalue weighted by Gasteiger charge is 2.44. The molecule has 14 rings (SSSR count). The molecule has 0 N–H and O–H groups in total. The second kappa shape index (κ2) is 12.5. The summed E-state index contributed by atoms with van der Waals surface area (Å²) in [6.45, 7) is 13.7. The Bertz CT molecular complexity index is 3990. The minimum Gasteiger partial charge on any atom is -0.456 e. The smallest absolute Gasteiger partial charge is 0.333 e. The Hall–Kier alpha value is -6.67. The maximum atomic E-state index is 6.61. The number of nitrogens with zero attached hydrogens (tertiary/aromatic N) is 3. The molecule has 0 aliphatic carbocycles. The van der Waals surface area contributed by atoms with Gasteiger partial charge >= 0.3 is 6.85 Å². The molecule has 0 amide bonds. The fourth-order valence-electron chi connectivity index (χ4n) is 10.9. The van der Waals surface area contributed by atoms with Crippen molar-refractivity contribution < 1.29 is 4.42 Å². The molecule has 8 aromatic carbocycles. The number of hydrogen-bond donors (Lipinski definition) is 0. The predicted octanol–water partition coefficient (Wildman–Crippen LogP) is 15.2. The molecule has 2 aliphatic rings. The number of hydrogen-bond acceptors (Lipinski definition) is 5. The molecule has 0 unspecified atom stereocenters. The first-order valence-electron chi connectivity index (χ1n) is 22.3. The fourth-order valence-corrected chi connectivity index (χ4v) is 13.0. The molecule has 6 heterocycles. The quantitative estimate of drug-likeness (QED) is 0.162. The lowest BCUT2D eigenvalue weighted by Crippen LogP contribution is -2.60. The van der Waals surface area contributed by atoms with Gasteiger partial charge < -0.3 is 13.8 Å². The monoisotopic (exact) mass is 859 g/mol. The Morgan fingerprint density at radius 3 is 2.09 bits per heavy atom. The zero-order valence-corrected chi connectivity index (χ0v) is 38.1. The van der Waals surface area contributed by atoms with Crippen molar-refractivity contribution in [2.75, 3.05) is 4.81 Å². The molecule has 4 aromatic heterocycles. The van der Waals surface area contributed by atoms with E-state index >= 15 is 0 Å². The summed E-state index contributed by atoms with van der Waals surface area (Å²) in [5.74, 6) is 0. The van der Waals surface area contributed by atoms with E-state index in [1.54, 1.807) is 11.3 Å². The van der Waals surface area contributed by atoms with Crippen LogP contribution in [0, 0.1) is 0 Å². The van der Waals surface area contributed by atoms with Crippen LogP contribution in [0.4, 0.5) is 11.4 Å². The van der Waals surface area contributed by atoms with E-state index in [4.69, 9.17) is 9.40 Å². The molecule has 0 saturated carbocycles. The maximum Gasteiger partial charge on any atom is 0.333 e. The molecule has 0 radical (unpaired) electrons. The lowest BCUT2D eigenvalue weighted by atomic mass is 9.44. The van der Waals surface area contributed by atoms with Gasteiger partial charge in [0.15, 0.2) is 0 Å². The molecule has 4 nitrogen and oxygen atoms in total. The molecule has 2 aliphatic heterocycles. The van der Waals surface area contributed by atoms with Gasteiger partial charge in [0.2, 0.25) is 0 Å². The SMILES string of the molecule is CC(C)(C)c1ccc(N2B3c4cc5nc(-c6ccccc6)sc5cc4-n4c5cc6oc7ccccc7c6cc5c5ccc(c3c54)-c3cc4sc5cc(C(C)(C)C)ccc5c4cc32)cc1. The van der Waals surface area contributed by atoms with Gasteiger partial charge in [0, 0.05) is 76.0 Å². The van der Waals surface area contributed by atoms with Gasteiger partial charge in [-0.05, 0) is 93.0 Å². The summed E-state index contributed by atoms with van der Waals surface area (Å²) in [6, 6.07) is 54.9. The molecule has 0 spiro atoms. The number of para-hydroxylation sites is 1. The van der Waals surface area contributed by atoms with Crippen LogP contribution in [0.25, 0.3) is 102 Å². The van der Waals surface area contributed by atoms with Crippen molar-refractivity contribution in [2.45, 2.75) is 52.4 Å². The van der Waals surface area contributed by atoms with Crippen LogP contribution in [-0.4, -0.2) is 16.4 Å². The molecule has 12 aromatic rings. The standard InChI is InChI=1S/C57H42BN3OS2/c1-56(2,3)32-16-19-34(20-17-32)61-46-26-42-36-21-18-33(57(4,5)6)24-50(36)63-51(42)27-40(46)37-22-23-38-39-25-41-35-14-10-11-15-48(35)62-49(41)29-45(39)60-47-30-52-44(28-43(47)58(61)53(37)54(38)60)59-55(64-52)31-12-8-7-9-13-31/h7-30H,1-6H3. The lowest BCUT2D eigenvalue weighted by molar-refractivity contribution is 0.590. The van der Waals surface area contributed by atoms with Crippen molar-refractivity contribution in [1.29, 1.82) is 0 Å². The van der Waals surface area contributed by atoms with Crippen LogP contribution in [0.2, 0.25) is 0 Å². The highest BCUT2D eigenvalue weighted by atomic mass is 32.1. The van der Waals surface area contributed by atoms with Gasteiger partial charge in [-0.15, -0.1) is 22.7 Å². The third-order valence-corrected chi connectivity index (χ3v) is 16.3. The van der Waals surface area contributed by atoms with Crippen LogP contribution in [0.1, 0.15) is 52.7 Å². The fraction of sp³-hybridized carbons (Fsp3) is 0.140. The zero-order chi connectivity index (χ0) is 43.0. The van der Waals surface area contributed by atoms with Gasteiger partial charge in [-0.3, -0.25) is 0 Å².